The van der Waals surface area contributed by atoms with Gasteiger partial charge in [-0.3, -0.25) is 4.98 Å². The number of aromatic carboxylic acids is 1. The summed E-state index contributed by atoms with van der Waals surface area (Å²) < 4.78 is 13.6. The van der Waals surface area contributed by atoms with E-state index < -0.39 is 41.6 Å². The first-order valence-electron chi connectivity index (χ1n) is 43.7. The van der Waals surface area contributed by atoms with Gasteiger partial charge < -0.3 is 35.3 Å². The number of carboxylic acids is 1. The van der Waals surface area contributed by atoms with Gasteiger partial charge in [-0.1, -0.05) is 146 Å². The summed E-state index contributed by atoms with van der Waals surface area (Å²) in [4.78, 5) is 64.9. The Kier molecular flexibility index (Phi) is 97.9. The number of anilines is 2. The van der Waals surface area contributed by atoms with Crippen LogP contribution in [0.4, 0.5) is 10.3 Å². The zero-order valence-electron chi connectivity index (χ0n) is 82.6. The summed E-state index contributed by atoms with van der Waals surface area (Å²) in [6.07, 6.45) is 39.4. The summed E-state index contributed by atoms with van der Waals surface area (Å²) in [6, 6.07) is 2.01. The number of aromatic nitrogens is 11. The number of thiazole rings is 11. The molecule has 0 aliphatic rings. The Morgan fingerprint density at radius 2 is 0.710 bits per heavy atom. The largest absolute Gasteiger partial charge is 1.00 e. The van der Waals surface area contributed by atoms with Crippen molar-refractivity contribution >= 4 is 236 Å². The Balaban J connectivity index is -0.000000179. The number of nitrogens with zero attached hydrogens (tertiary/aromatic N) is 13. The number of carbonyl (C=O) groups is 1. The van der Waals surface area contributed by atoms with E-state index in [0.717, 1.165) is 28.1 Å². The van der Waals surface area contributed by atoms with Crippen LogP contribution in [0.3, 0.4) is 0 Å². The topological polar surface area (TPSA) is 279 Å². The molecular weight excluding hydrogens is 2320 g/mol. The fraction of sp³-hybridized carbons (Fsp3) is 0.611. The van der Waals surface area contributed by atoms with Gasteiger partial charge in [-0.2, -0.15) is 11.7 Å². The van der Waals surface area contributed by atoms with Crippen LogP contribution in [-0.4, -0.2) is 102 Å². The quantitative estimate of drug-likeness (QED) is 0.0290. The van der Waals surface area contributed by atoms with Gasteiger partial charge in [0, 0.05) is 112 Å². The van der Waals surface area contributed by atoms with Crippen LogP contribution in [0.5, 0.6) is 0 Å². The predicted octanol–water partition coefficient (Wildman–Crippen LogP) is 34.2. The van der Waals surface area contributed by atoms with Gasteiger partial charge in [-0.05, 0) is 116 Å². The molecule has 0 aliphatic heterocycles. The van der Waals surface area contributed by atoms with Gasteiger partial charge in [0.2, 0.25) is 5.01 Å². The van der Waals surface area contributed by atoms with E-state index in [9.17, 15) is 4.79 Å². The van der Waals surface area contributed by atoms with Crippen molar-refractivity contribution in [2.45, 2.75) is 373 Å². The average Bonchev–Trinajstić information content (AvgIpc) is 1.64. The summed E-state index contributed by atoms with van der Waals surface area (Å²) in [5, 5.41) is 33.9. The molecule has 5 N–H and O–H groups in total. The molecule has 0 aromatic carbocycles. The van der Waals surface area contributed by atoms with Gasteiger partial charge >= 0.3 is 270 Å². The molecule has 11 rings (SSSR count). The molecule has 0 unspecified atom stereocenters. The SMILES string of the molecule is Brc1nccs1.C.C.C.CC(C)c1cnc(Br)s1.CC(C)c1cnc(Br)s1.CC(C)c1cnc(C#N)s1.CC(C)c1cnc(C(=O)O)s1.CC(C)c1cnc(N)s1.CC(C)c1cnc(N)s1.CCC[CH2][Sn]([CH2]CCC)([CH2]CCC)[c]1cnc(C)s1.CCC[CH2][Sn]([Cl])([CH2]CCC)[CH2]CCC.Cc1ncc(C(C)C)s1.Cc1ncc(C(C)C)s1.Cc1nccs1.[C-]#N.[CH2-]CCC.[Cu+].[H+].[Li+]. The minimum Gasteiger partial charge on any atom is -0.512 e. The standard InChI is InChI=1S/C7H8N2S.C7H9NO2S.2C7H11NS.2C6H8BrNS.2C6H10N2S.C4H5NS.C4H4NS.7C4H9.C3H2BrNS.CN.3CH4.ClH.Cu.Li.2Sn/c1-5(2)6-4-9-7(3-8)10-6;1-4(2)5-3-8-6(11-5)7(9)10;2*1-5(2)7-4-8-6(3)9-7;4*1-4(2)5-3-8-6(7)9-5;2*1-4-5-2-3-6-4;7*1-3-4-2;4-3-5-1-2-6-3;1-2;;;;;;;;/h4-5H,1-2H3;3-4H,1-2H3,(H,9,10);2*4-5H,1-3H3;2*3-4H,1-2H3;2*3-4H,1-2H3,(H2,7,8);2-3H,1H3;2H,1H3;7*1,3-4H2,2H3;1-2H;;3*1H4;1H;;;;/q;;;;;;;;;;;;;;;;-1;;-1;;;;;2*+1;;+1. The first-order valence-corrected chi connectivity index (χ1v) is 72.3. The molecule has 11 aromatic rings. The smallest absolute Gasteiger partial charge is 0.512 e. The van der Waals surface area contributed by atoms with E-state index in [-0.39, 0.29) is 64.6 Å². The third-order valence-electron chi connectivity index (χ3n) is 17.6. The second-order valence-corrected chi connectivity index (χ2v) is 78.0. The number of rotatable bonds is 29. The molecule has 0 fully saturated rings. The van der Waals surface area contributed by atoms with E-state index in [1.165, 1.54) is 169 Å². The Morgan fingerprint density at radius 1 is 0.420 bits per heavy atom. The molecule has 0 saturated heterocycles. The molecule has 36 heteroatoms. The third kappa shape index (κ3) is 72.4. The van der Waals surface area contributed by atoms with Crippen LogP contribution in [0.1, 0.15) is 394 Å². The number of nitriles is 1. The first-order chi connectivity index (χ1) is 59.6. The Bertz CT molecular complexity index is 4030. The molecule has 0 spiro atoms. The van der Waals surface area contributed by atoms with Crippen LogP contribution in [-0.2, 0) is 17.1 Å². The van der Waals surface area contributed by atoms with Crippen molar-refractivity contribution < 1.29 is 47.3 Å². The normalized spacial score (nSPS) is 10.1. The second-order valence-electron chi connectivity index (χ2n) is 31.6. The van der Waals surface area contributed by atoms with Crippen LogP contribution in [0.15, 0.2) is 90.7 Å². The maximum absolute atomic E-state index is 10.4. The number of hydrogen-bond donors (Lipinski definition) is 3. The minimum atomic E-state index is -2.12. The minimum absolute atomic E-state index is 0. The van der Waals surface area contributed by atoms with Crippen LogP contribution >= 0.6 is 181 Å². The Hall–Kier alpha value is -1.58. The van der Waals surface area contributed by atoms with E-state index in [0.29, 0.717) is 62.6 Å². The van der Waals surface area contributed by atoms with Crippen LogP contribution in [0.25, 0.3) is 0 Å². The van der Waals surface area contributed by atoms with Crippen molar-refractivity contribution in [3.63, 3.8) is 0 Å². The zero-order chi connectivity index (χ0) is 96.3. The molecule has 0 bridgehead atoms. The van der Waals surface area contributed by atoms with Crippen molar-refractivity contribution in [2.75, 3.05) is 11.5 Å². The van der Waals surface area contributed by atoms with E-state index in [4.69, 9.17) is 42.6 Å². The number of unbranched alkanes of at least 4 members (excludes halogenated alkanes) is 7. The number of halogens is 4. The van der Waals surface area contributed by atoms with Crippen molar-refractivity contribution in [3.05, 3.63) is 173 Å². The monoisotopic (exact) mass is 2480 g/mol. The molecule has 11 heterocycles. The Labute approximate surface area is 901 Å². The third-order valence-corrected chi connectivity index (χ3v) is 64.0. The molecule has 742 valence electrons. The molecule has 17 nitrogen and oxygen atoms in total. The summed E-state index contributed by atoms with van der Waals surface area (Å²) in [6.45, 7) is 66.7. The molecule has 0 radical (unpaired) electrons. The molecule has 0 saturated carbocycles. The summed E-state index contributed by atoms with van der Waals surface area (Å²) in [5.41, 5.74) is 10.8. The van der Waals surface area contributed by atoms with Gasteiger partial charge in [0.25, 0.3) is 0 Å². The number of nitrogen functional groups attached to an aromatic ring is 2. The van der Waals surface area contributed by atoms with Gasteiger partial charge in [0.05, 0.1) is 15.0 Å². The van der Waals surface area contributed by atoms with E-state index >= 15 is 0 Å². The fourth-order valence-corrected chi connectivity index (χ4v) is 51.5. The molecular formula is C95H162Br3ClCuLiN15O2S11Sn2+. The molecule has 0 amide bonds. The van der Waals surface area contributed by atoms with E-state index in [1.54, 1.807) is 132 Å². The first kappa shape index (κ1) is 145. The second kappa shape index (κ2) is 88.6. The van der Waals surface area contributed by atoms with Gasteiger partial charge in [0.1, 0.15) is 6.07 Å². The van der Waals surface area contributed by atoms with Crippen molar-refractivity contribution in [2.24, 2.45) is 0 Å². The number of aryl methyl sites for hydroxylation is 4. The number of hydrogen-bond acceptors (Lipinski definition) is 27. The molecule has 0 atom stereocenters. The van der Waals surface area contributed by atoms with Crippen LogP contribution < -0.4 is 33.2 Å². The van der Waals surface area contributed by atoms with E-state index in [2.05, 4.69) is 268 Å². The van der Waals surface area contributed by atoms with Gasteiger partial charge in [-0.15, -0.1) is 113 Å². The summed E-state index contributed by atoms with van der Waals surface area (Å²) >= 11 is 23.7. The molecule has 11 aromatic heterocycles. The predicted molar refractivity (Wildman–Crippen MR) is 600 cm³/mol. The van der Waals surface area contributed by atoms with Crippen molar-refractivity contribution in [3.8, 4) is 6.07 Å². The van der Waals surface area contributed by atoms with Gasteiger partial charge in [-0.25, -0.2) is 49.7 Å². The average molecular weight is 2480 g/mol. The van der Waals surface area contributed by atoms with Crippen LogP contribution in [0.2, 0.25) is 26.6 Å². The summed E-state index contributed by atoms with van der Waals surface area (Å²) in [5.74, 6) is 3.50. The molecule has 131 heavy (non-hydrogen) atoms. The fourth-order valence-electron chi connectivity index (χ4n) is 10.00. The maximum Gasteiger partial charge on any atom is 1.00 e. The number of carboxylic acid groups (broad SMARTS) is 1. The van der Waals surface area contributed by atoms with Crippen molar-refractivity contribution in [1.29, 1.82) is 10.5 Å². The Morgan fingerprint density at radius 3 is 0.885 bits per heavy atom. The van der Waals surface area contributed by atoms with Crippen LogP contribution in [0, 0.1) is 57.8 Å². The summed E-state index contributed by atoms with van der Waals surface area (Å²) in [7, 11) is 6.89. The van der Waals surface area contributed by atoms with Crippen molar-refractivity contribution in [1.82, 2.24) is 54.8 Å². The number of nitrogens with two attached hydrogens (primary N) is 2. The zero-order valence-corrected chi connectivity index (χ0v) is 103. The molecule has 0 aliphatic carbocycles. The van der Waals surface area contributed by atoms with Gasteiger partial charge in [0.15, 0.2) is 27.0 Å². The van der Waals surface area contributed by atoms with E-state index in [1.807, 2.05) is 100.0 Å². The maximum atomic E-state index is 10.4.